The molecule has 92 valence electrons. The minimum Gasteiger partial charge on any atom is -0.316 e. The average Bonchev–Trinajstić information content (AvgIpc) is 2.95. The standard InChI is InChI=1S/C11H18N6/c1-16-10-11(9-14-16)3-5-12-4-2-7-17-8-6-13-15-17/h6,8-10,12H,2-5,7H2,1H3. The Hall–Kier alpha value is -1.69. The van der Waals surface area contributed by atoms with Gasteiger partial charge in [-0.15, -0.1) is 5.10 Å². The van der Waals surface area contributed by atoms with Crippen LogP contribution >= 0.6 is 0 Å². The van der Waals surface area contributed by atoms with Crippen LogP contribution < -0.4 is 5.32 Å². The summed E-state index contributed by atoms with van der Waals surface area (Å²) in [5.74, 6) is 0. The summed E-state index contributed by atoms with van der Waals surface area (Å²) in [5.41, 5.74) is 1.27. The maximum absolute atomic E-state index is 4.14. The first-order valence-corrected chi connectivity index (χ1v) is 5.87. The third-order valence-corrected chi connectivity index (χ3v) is 2.56. The van der Waals surface area contributed by atoms with Gasteiger partial charge in [0.05, 0.1) is 12.4 Å². The van der Waals surface area contributed by atoms with E-state index in [1.165, 1.54) is 5.56 Å². The van der Waals surface area contributed by atoms with Gasteiger partial charge < -0.3 is 5.32 Å². The molecule has 0 aliphatic rings. The van der Waals surface area contributed by atoms with E-state index in [9.17, 15) is 0 Å². The molecule has 0 saturated carbocycles. The van der Waals surface area contributed by atoms with Gasteiger partial charge in [-0.25, -0.2) is 0 Å². The summed E-state index contributed by atoms with van der Waals surface area (Å²) < 4.78 is 3.68. The molecule has 2 heterocycles. The zero-order valence-electron chi connectivity index (χ0n) is 10.1. The summed E-state index contributed by atoms with van der Waals surface area (Å²) in [5, 5.41) is 15.2. The highest BCUT2D eigenvalue weighted by atomic mass is 15.4. The van der Waals surface area contributed by atoms with E-state index in [1.54, 1.807) is 6.20 Å². The SMILES string of the molecule is Cn1cc(CCNCCCn2ccnn2)cn1. The molecule has 0 aliphatic carbocycles. The third-order valence-electron chi connectivity index (χ3n) is 2.56. The monoisotopic (exact) mass is 234 g/mol. The molecule has 2 aromatic heterocycles. The predicted molar refractivity (Wildman–Crippen MR) is 64.4 cm³/mol. The fourth-order valence-electron chi connectivity index (χ4n) is 1.68. The highest BCUT2D eigenvalue weighted by Crippen LogP contribution is 1.96. The highest BCUT2D eigenvalue weighted by Gasteiger charge is 1.96. The molecule has 2 rings (SSSR count). The number of aromatic nitrogens is 5. The number of hydrogen-bond donors (Lipinski definition) is 1. The number of aryl methyl sites for hydroxylation is 2. The molecule has 2 aromatic rings. The largest absolute Gasteiger partial charge is 0.316 e. The zero-order chi connectivity index (χ0) is 11.9. The fourth-order valence-corrected chi connectivity index (χ4v) is 1.68. The second kappa shape index (κ2) is 6.15. The van der Waals surface area contributed by atoms with Gasteiger partial charge in [0.2, 0.25) is 0 Å². The van der Waals surface area contributed by atoms with Crippen molar-refractivity contribution < 1.29 is 0 Å². The number of nitrogens with zero attached hydrogens (tertiary/aromatic N) is 5. The van der Waals surface area contributed by atoms with Crippen LogP contribution in [-0.2, 0) is 20.0 Å². The fraction of sp³-hybridized carbons (Fsp3) is 0.545. The zero-order valence-corrected chi connectivity index (χ0v) is 10.1. The summed E-state index contributed by atoms with van der Waals surface area (Å²) >= 11 is 0. The van der Waals surface area contributed by atoms with Crippen molar-refractivity contribution in [3.63, 3.8) is 0 Å². The quantitative estimate of drug-likeness (QED) is 0.697. The Morgan fingerprint density at radius 3 is 3.00 bits per heavy atom. The second-order valence-electron chi connectivity index (χ2n) is 4.04. The van der Waals surface area contributed by atoms with Crippen LogP contribution in [0.3, 0.4) is 0 Å². The van der Waals surface area contributed by atoms with Gasteiger partial charge in [0, 0.05) is 26.0 Å². The second-order valence-corrected chi connectivity index (χ2v) is 4.04. The summed E-state index contributed by atoms with van der Waals surface area (Å²) in [6.45, 7) is 2.91. The van der Waals surface area contributed by atoms with Crippen molar-refractivity contribution in [3.05, 3.63) is 30.4 Å². The van der Waals surface area contributed by atoms with Gasteiger partial charge in [0.1, 0.15) is 0 Å². The van der Waals surface area contributed by atoms with Crippen molar-refractivity contribution in [1.29, 1.82) is 0 Å². The van der Waals surface area contributed by atoms with Crippen LogP contribution in [-0.4, -0.2) is 37.9 Å². The Morgan fingerprint density at radius 2 is 2.29 bits per heavy atom. The minimum atomic E-state index is 0.917. The van der Waals surface area contributed by atoms with Crippen molar-refractivity contribution in [1.82, 2.24) is 30.1 Å². The average molecular weight is 234 g/mol. The Kier molecular flexibility index (Phi) is 4.26. The molecule has 6 nitrogen and oxygen atoms in total. The van der Waals surface area contributed by atoms with E-state index in [1.807, 2.05) is 28.8 Å². The molecule has 0 aromatic carbocycles. The molecule has 0 atom stereocenters. The molecule has 0 saturated heterocycles. The highest BCUT2D eigenvalue weighted by molar-refractivity contribution is 5.03. The van der Waals surface area contributed by atoms with Crippen LogP contribution in [0.1, 0.15) is 12.0 Å². The maximum atomic E-state index is 4.14. The maximum Gasteiger partial charge on any atom is 0.0692 e. The molecular formula is C11H18N6. The van der Waals surface area contributed by atoms with Gasteiger partial charge in [-0.05, 0) is 31.5 Å². The van der Waals surface area contributed by atoms with E-state index in [0.717, 1.165) is 32.5 Å². The molecule has 0 spiro atoms. The number of nitrogens with one attached hydrogen (secondary N) is 1. The van der Waals surface area contributed by atoms with Gasteiger partial charge >= 0.3 is 0 Å². The number of rotatable bonds is 7. The van der Waals surface area contributed by atoms with Crippen LogP contribution in [0.4, 0.5) is 0 Å². The molecule has 0 aliphatic heterocycles. The van der Waals surface area contributed by atoms with Crippen LogP contribution in [0.15, 0.2) is 24.8 Å². The molecule has 0 amide bonds. The van der Waals surface area contributed by atoms with Gasteiger partial charge in [0.25, 0.3) is 0 Å². The summed E-state index contributed by atoms with van der Waals surface area (Å²) in [6, 6.07) is 0. The lowest BCUT2D eigenvalue weighted by atomic mass is 10.2. The molecule has 6 heteroatoms. The van der Waals surface area contributed by atoms with Crippen molar-refractivity contribution >= 4 is 0 Å². The van der Waals surface area contributed by atoms with Gasteiger partial charge in [-0.1, -0.05) is 5.21 Å². The molecule has 17 heavy (non-hydrogen) atoms. The molecule has 0 radical (unpaired) electrons. The van der Waals surface area contributed by atoms with Crippen LogP contribution in [0.2, 0.25) is 0 Å². The van der Waals surface area contributed by atoms with E-state index in [4.69, 9.17) is 0 Å². The summed E-state index contributed by atoms with van der Waals surface area (Å²) in [4.78, 5) is 0. The first-order chi connectivity index (χ1) is 8.34. The molecule has 0 unspecified atom stereocenters. The lowest BCUT2D eigenvalue weighted by molar-refractivity contribution is 0.531. The minimum absolute atomic E-state index is 0.917. The lowest BCUT2D eigenvalue weighted by Crippen LogP contribution is -2.19. The van der Waals surface area contributed by atoms with E-state index in [2.05, 4.69) is 26.9 Å². The van der Waals surface area contributed by atoms with Gasteiger partial charge in [-0.2, -0.15) is 5.10 Å². The van der Waals surface area contributed by atoms with E-state index >= 15 is 0 Å². The molecule has 0 fully saturated rings. The smallest absolute Gasteiger partial charge is 0.0692 e. The Balaban J connectivity index is 1.52. The van der Waals surface area contributed by atoms with E-state index < -0.39 is 0 Å². The van der Waals surface area contributed by atoms with E-state index in [0.29, 0.717) is 0 Å². The molecule has 0 bridgehead atoms. The van der Waals surface area contributed by atoms with Crippen molar-refractivity contribution in [2.24, 2.45) is 7.05 Å². The van der Waals surface area contributed by atoms with Crippen molar-refractivity contribution in [3.8, 4) is 0 Å². The Morgan fingerprint density at radius 1 is 1.35 bits per heavy atom. The predicted octanol–water partition coefficient (Wildman–Crippen LogP) is 0.234. The van der Waals surface area contributed by atoms with Crippen LogP contribution in [0.25, 0.3) is 0 Å². The Bertz CT molecular complexity index is 419. The third kappa shape index (κ3) is 3.99. The number of hydrogen-bond acceptors (Lipinski definition) is 4. The van der Waals surface area contributed by atoms with Crippen LogP contribution in [0.5, 0.6) is 0 Å². The molecule has 1 N–H and O–H groups in total. The van der Waals surface area contributed by atoms with Gasteiger partial charge in [0.15, 0.2) is 0 Å². The van der Waals surface area contributed by atoms with Crippen LogP contribution in [0, 0.1) is 0 Å². The Labute approximate surface area is 101 Å². The van der Waals surface area contributed by atoms with Crippen molar-refractivity contribution in [2.45, 2.75) is 19.4 Å². The molecular weight excluding hydrogens is 216 g/mol. The summed E-state index contributed by atoms with van der Waals surface area (Å²) in [6.07, 6.45) is 9.65. The first-order valence-electron chi connectivity index (χ1n) is 5.87. The topological polar surface area (TPSA) is 60.6 Å². The lowest BCUT2D eigenvalue weighted by Gasteiger charge is -2.03. The summed E-state index contributed by atoms with van der Waals surface area (Å²) in [7, 11) is 1.94. The van der Waals surface area contributed by atoms with E-state index in [-0.39, 0.29) is 0 Å². The normalized spacial score (nSPS) is 10.9. The van der Waals surface area contributed by atoms with Gasteiger partial charge in [-0.3, -0.25) is 9.36 Å². The first kappa shape index (κ1) is 11.8. The van der Waals surface area contributed by atoms with Crippen molar-refractivity contribution in [2.75, 3.05) is 13.1 Å².